The highest BCUT2D eigenvalue weighted by Gasteiger charge is 2.27. The van der Waals surface area contributed by atoms with Gasteiger partial charge >= 0.3 is 0 Å². The van der Waals surface area contributed by atoms with Crippen molar-refractivity contribution in [2.45, 2.75) is 65.3 Å². The zero-order valence-corrected chi connectivity index (χ0v) is 11.6. The Bertz CT molecular complexity index is 254. The lowest BCUT2D eigenvalue weighted by Gasteiger charge is -2.35. The molecule has 1 aliphatic rings. The van der Waals surface area contributed by atoms with Gasteiger partial charge in [-0.25, -0.2) is 0 Å². The third-order valence-electron chi connectivity index (χ3n) is 4.30. The number of hydrazine groups is 1. The molecule has 0 radical (unpaired) electrons. The van der Waals surface area contributed by atoms with Crippen LogP contribution in [-0.2, 0) is 0 Å². The molecule has 0 saturated heterocycles. The molecule has 1 unspecified atom stereocenters. The largest absolute Gasteiger partial charge is 0.271 e. The van der Waals surface area contributed by atoms with Gasteiger partial charge in [0.1, 0.15) is 0 Å². The molecule has 0 aliphatic heterocycles. The number of hydrogen-bond donors (Lipinski definition) is 2. The summed E-state index contributed by atoms with van der Waals surface area (Å²) in [6.45, 7) is 6.60. The second kappa shape index (κ2) is 7.74. The lowest BCUT2D eigenvalue weighted by Crippen LogP contribution is -2.42. The summed E-state index contributed by atoms with van der Waals surface area (Å²) in [7, 11) is 0. The van der Waals surface area contributed by atoms with Crippen molar-refractivity contribution in [3.8, 4) is 11.8 Å². The van der Waals surface area contributed by atoms with Crippen LogP contribution in [0.2, 0.25) is 0 Å². The van der Waals surface area contributed by atoms with Gasteiger partial charge in [0, 0.05) is 12.5 Å². The average Bonchev–Trinajstić information content (AvgIpc) is 2.35. The van der Waals surface area contributed by atoms with Gasteiger partial charge in [0.2, 0.25) is 0 Å². The Balaban J connectivity index is 2.35. The molecule has 0 aromatic heterocycles. The molecule has 3 N–H and O–H groups in total. The van der Waals surface area contributed by atoms with Crippen LogP contribution < -0.4 is 11.3 Å². The Morgan fingerprint density at radius 1 is 1.18 bits per heavy atom. The van der Waals surface area contributed by atoms with Crippen molar-refractivity contribution >= 4 is 0 Å². The van der Waals surface area contributed by atoms with Crippen molar-refractivity contribution in [2.24, 2.45) is 23.6 Å². The number of hydrogen-bond acceptors (Lipinski definition) is 2. The van der Waals surface area contributed by atoms with Gasteiger partial charge in [-0.3, -0.25) is 11.3 Å². The van der Waals surface area contributed by atoms with E-state index < -0.39 is 0 Å². The van der Waals surface area contributed by atoms with Crippen LogP contribution in [0.25, 0.3) is 0 Å². The third-order valence-corrected chi connectivity index (χ3v) is 4.30. The van der Waals surface area contributed by atoms with E-state index in [2.05, 4.69) is 31.1 Å². The van der Waals surface area contributed by atoms with E-state index in [0.29, 0.717) is 6.04 Å². The minimum Gasteiger partial charge on any atom is -0.271 e. The number of nitrogens with one attached hydrogen (secondary N) is 1. The standard InChI is InChI=1S/C15H28N2/c1-4-5-6-7-15(17-16)14-10-8-13(9-11-14)12(2)3/h12-15,17H,6-11,16H2,1-3H3. The van der Waals surface area contributed by atoms with E-state index in [-0.39, 0.29) is 0 Å². The van der Waals surface area contributed by atoms with E-state index in [1.54, 1.807) is 0 Å². The molecule has 98 valence electrons. The van der Waals surface area contributed by atoms with Crippen molar-refractivity contribution in [3.05, 3.63) is 0 Å². The van der Waals surface area contributed by atoms with Gasteiger partial charge in [0.15, 0.2) is 0 Å². The Kier molecular flexibility index (Phi) is 6.62. The summed E-state index contributed by atoms with van der Waals surface area (Å²) in [4.78, 5) is 0. The number of rotatable bonds is 5. The van der Waals surface area contributed by atoms with E-state index in [9.17, 15) is 0 Å². The monoisotopic (exact) mass is 236 g/mol. The van der Waals surface area contributed by atoms with Gasteiger partial charge in [0.05, 0.1) is 0 Å². The maximum absolute atomic E-state index is 5.68. The topological polar surface area (TPSA) is 38.0 Å². The van der Waals surface area contributed by atoms with Crippen LogP contribution in [0.4, 0.5) is 0 Å². The van der Waals surface area contributed by atoms with Crippen LogP contribution in [0.1, 0.15) is 59.3 Å². The summed E-state index contributed by atoms with van der Waals surface area (Å²) in [6.07, 6.45) is 7.47. The van der Waals surface area contributed by atoms with Crippen LogP contribution >= 0.6 is 0 Å². The smallest absolute Gasteiger partial charge is 0.0247 e. The fraction of sp³-hybridized carbons (Fsp3) is 0.867. The van der Waals surface area contributed by atoms with Crippen LogP contribution in [-0.4, -0.2) is 6.04 Å². The molecule has 1 atom stereocenters. The highest BCUT2D eigenvalue weighted by atomic mass is 15.2. The summed E-state index contributed by atoms with van der Waals surface area (Å²) in [5.74, 6) is 14.3. The SMILES string of the molecule is CC#CCCC(NN)C1CCC(C(C)C)CC1. The first kappa shape index (κ1) is 14.5. The molecule has 0 bridgehead atoms. The van der Waals surface area contributed by atoms with Crippen molar-refractivity contribution in [1.29, 1.82) is 0 Å². The van der Waals surface area contributed by atoms with Gasteiger partial charge < -0.3 is 0 Å². The molecule has 0 aromatic carbocycles. The summed E-state index contributed by atoms with van der Waals surface area (Å²) < 4.78 is 0. The van der Waals surface area contributed by atoms with Crippen molar-refractivity contribution in [3.63, 3.8) is 0 Å². The highest BCUT2D eigenvalue weighted by molar-refractivity contribution is 4.96. The summed E-state index contributed by atoms with van der Waals surface area (Å²) in [5.41, 5.74) is 3.01. The molecule has 1 rings (SSSR count). The maximum Gasteiger partial charge on any atom is 0.0247 e. The minimum atomic E-state index is 0.462. The Morgan fingerprint density at radius 3 is 2.24 bits per heavy atom. The van der Waals surface area contributed by atoms with E-state index in [1.165, 1.54) is 25.7 Å². The predicted octanol–water partition coefficient (Wildman–Crippen LogP) is 3.08. The molecule has 0 spiro atoms. The van der Waals surface area contributed by atoms with E-state index in [1.807, 2.05) is 6.92 Å². The second-order valence-electron chi connectivity index (χ2n) is 5.66. The van der Waals surface area contributed by atoms with Crippen LogP contribution in [0.5, 0.6) is 0 Å². The van der Waals surface area contributed by atoms with Crippen LogP contribution in [0.15, 0.2) is 0 Å². The Labute approximate surface area is 107 Å². The summed E-state index contributed by atoms with van der Waals surface area (Å²) in [6, 6.07) is 0.462. The van der Waals surface area contributed by atoms with E-state index >= 15 is 0 Å². The first-order chi connectivity index (χ1) is 8.19. The van der Waals surface area contributed by atoms with Crippen molar-refractivity contribution in [2.75, 3.05) is 0 Å². The van der Waals surface area contributed by atoms with E-state index in [0.717, 1.165) is 30.6 Å². The van der Waals surface area contributed by atoms with Crippen molar-refractivity contribution < 1.29 is 0 Å². The molecule has 0 amide bonds. The molecule has 2 heteroatoms. The average molecular weight is 236 g/mol. The molecule has 1 aliphatic carbocycles. The zero-order valence-electron chi connectivity index (χ0n) is 11.6. The molecule has 17 heavy (non-hydrogen) atoms. The molecule has 2 nitrogen and oxygen atoms in total. The Hall–Kier alpha value is -0.520. The molecule has 0 heterocycles. The molecular weight excluding hydrogens is 208 g/mol. The molecule has 1 saturated carbocycles. The quantitative estimate of drug-likeness (QED) is 0.437. The minimum absolute atomic E-state index is 0.462. The third kappa shape index (κ3) is 4.69. The zero-order chi connectivity index (χ0) is 12.7. The van der Waals surface area contributed by atoms with E-state index in [4.69, 9.17) is 5.84 Å². The summed E-state index contributed by atoms with van der Waals surface area (Å²) in [5, 5.41) is 0. The highest BCUT2D eigenvalue weighted by Crippen LogP contribution is 2.35. The van der Waals surface area contributed by atoms with Gasteiger partial charge in [-0.2, -0.15) is 0 Å². The molecule has 0 aromatic rings. The normalized spacial score (nSPS) is 26.4. The second-order valence-corrected chi connectivity index (χ2v) is 5.66. The van der Waals surface area contributed by atoms with Gasteiger partial charge in [0.25, 0.3) is 0 Å². The fourth-order valence-corrected chi connectivity index (χ4v) is 3.02. The fourth-order valence-electron chi connectivity index (χ4n) is 3.02. The molecule has 1 fully saturated rings. The van der Waals surface area contributed by atoms with Gasteiger partial charge in [-0.05, 0) is 56.8 Å². The van der Waals surface area contributed by atoms with Crippen LogP contribution in [0.3, 0.4) is 0 Å². The number of nitrogens with two attached hydrogens (primary N) is 1. The maximum atomic E-state index is 5.68. The first-order valence-corrected chi connectivity index (χ1v) is 7.04. The molecular formula is C15H28N2. The van der Waals surface area contributed by atoms with Crippen molar-refractivity contribution in [1.82, 2.24) is 5.43 Å². The van der Waals surface area contributed by atoms with Gasteiger partial charge in [-0.15, -0.1) is 11.8 Å². The Morgan fingerprint density at radius 2 is 1.76 bits per heavy atom. The summed E-state index contributed by atoms with van der Waals surface area (Å²) >= 11 is 0. The van der Waals surface area contributed by atoms with Crippen LogP contribution in [0, 0.1) is 29.6 Å². The van der Waals surface area contributed by atoms with Gasteiger partial charge in [-0.1, -0.05) is 13.8 Å². The first-order valence-electron chi connectivity index (χ1n) is 7.04. The predicted molar refractivity (Wildman–Crippen MR) is 74.1 cm³/mol. The lowest BCUT2D eigenvalue weighted by atomic mass is 9.74. The lowest BCUT2D eigenvalue weighted by molar-refractivity contribution is 0.185.